The summed E-state index contributed by atoms with van der Waals surface area (Å²) in [4.78, 5) is 25.6. The number of methoxy groups -OCH3 is 2. The number of aryl methyl sites for hydroxylation is 1. The van der Waals surface area contributed by atoms with Crippen molar-refractivity contribution in [3.63, 3.8) is 0 Å². The van der Waals surface area contributed by atoms with Crippen molar-refractivity contribution in [2.75, 3.05) is 39.7 Å². The minimum absolute atomic E-state index is 0.0326. The molecule has 4 aromatic rings. The summed E-state index contributed by atoms with van der Waals surface area (Å²) in [6, 6.07) is 7.70. The molecule has 1 aromatic carbocycles. The number of ether oxygens (including phenoxy) is 4. The summed E-state index contributed by atoms with van der Waals surface area (Å²) in [5, 5.41) is 12.5. The molecule has 0 spiro atoms. The summed E-state index contributed by atoms with van der Waals surface area (Å²) in [5.41, 5.74) is 3.37. The fourth-order valence-electron chi connectivity index (χ4n) is 7.35. The van der Waals surface area contributed by atoms with E-state index in [1.807, 2.05) is 51.4 Å². The van der Waals surface area contributed by atoms with Crippen molar-refractivity contribution in [3.8, 4) is 22.8 Å². The van der Waals surface area contributed by atoms with E-state index in [0.717, 1.165) is 59.5 Å². The Kier molecular flexibility index (Phi) is 8.31. The summed E-state index contributed by atoms with van der Waals surface area (Å²) in [6.07, 6.45) is 7.31. The van der Waals surface area contributed by atoms with Gasteiger partial charge in [0, 0.05) is 49.2 Å². The topological polar surface area (TPSA) is 130 Å². The zero-order valence-electron chi connectivity index (χ0n) is 27.9. The molecule has 0 bridgehead atoms. The Morgan fingerprint density at radius 1 is 1.06 bits per heavy atom. The first kappa shape index (κ1) is 31.4. The van der Waals surface area contributed by atoms with Gasteiger partial charge >= 0.3 is 0 Å². The number of likely N-dealkylation sites (tertiary alicyclic amines) is 1. The molecule has 3 fully saturated rings. The number of hydrogen-bond donors (Lipinski definition) is 2. The van der Waals surface area contributed by atoms with Crippen LogP contribution in [-0.4, -0.2) is 93.5 Å². The van der Waals surface area contributed by atoms with Crippen LogP contribution < -0.4 is 20.1 Å². The number of carbonyl (C=O) groups excluding carboxylic acids is 1. The van der Waals surface area contributed by atoms with Gasteiger partial charge in [0.1, 0.15) is 41.5 Å². The molecule has 13 nitrogen and oxygen atoms in total. The summed E-state index contributed by atoms with van der Waals surface area (Å²) >= 11 is 0. The number of amides is 1. The fourth-order valence-corrected chi connectivity index (χ4v) is 7.35. The van der Waals surface area contributed by atoms with Gasteiger partial charge in [-0.2, -0.15) is 5.10 Å². The van der Waals surface area contributed by atoms with Gasteiger partial charge in [-0.3, -0.25) is 9.48 Å². The average Bonchev–Trinajstić information content (AvgIpc) is 3.82. The lowest BCUT2D eigenvalue weighted by Crippen LogP contribution is -2.47. The molecular weight excluding hydrogens is 600 g/mol. The maximum absolute atomic E-state index is 13.8. The lowest BCUT2D eigenvalue weighted by Gasteiger charge is -2.31. The molecule has 3 aliphatic rings. The number of carbonyl (C=O) groups is 1. The number of fused-ring (bicyclic) bond motifs is 2. The van der Waals surface area contributed by atoms with Gasteiger partial charge in [0.05, 0.1) is 37.3 Å². The van der Waals surface area contributed by atoms with E-state index in [1.54, 1.807) is 25.2 Å². The number of rotatable bonds is 9. The zero-order valence-corrected chi connectivity index (χ0v) is 27.9. The van der Waals surface area contributed by atoms with Crippen molar-refractivity contribution >= 4 is 22.8 Å². The average molecular weight is 645 g/mol. The molecule has 0 radical (unpaired) electrons. The molecular formula is C34H44N8O5. The monoisotopic (exact) mass is 644 g/mol. The number of nitrogens with zero attached hydrogens (tertiary/aromatic N) is 6. The van der Waals surface area contributed by atoms with Crippen LogP contribution >= 0.6 is 0 Å². The highest BCUT2D eigenvalue weighted by Gasteiger charge is 2.57. The van der Waals surface area contributed by atoms with Gasteiger partial charge in [0.25, 0.3) is 0 Å². The smallest absolute Gasteiger partial charge is 0.226 e. The fraction of sp³-hybridized carbons (Fsp3) is 0.529. The molecule has 1 saturated carbocycles. The normalized spacial score (nSPS) is 24.4. The van der Waals surface area contributed by atoms with E-state index in [1.165, 1.54) is 0 Å². The van der Waals surface area contributed by atoms with Crippen LogP contribution in [0.25, 0.3) is 22.3 Å². The second-order valence-corrected chi connectivity index (χ2v) is 13.3. The molecule has 4 atom stereocenters. The Labute approximate surface area is 274 Å². The van der Waals surface area contributed by atoms with E-state index in [2.05, 4.69) is 38.3 Å². The Morgan fingerprint density at radius 2 is 1.85 bits per heavy atom. The predicted octanol–water partition coefficient (Wildman–Crippen LogP) is 3.75. The number of anilines is 1. The second-order valence-electron chi connectivity index (χ2n) is 13.3. The SMILES string of the molecule is COc1ccc(CNc2ncnc3c2c(-c2ccn(C)n2)cn3[C@@H]2C[C@H](C(=O)NC3CCN(C)CC3)[C@H]3OC(C)(C)O[C@H]32)c(OC)c1. The Balaban J connectivity index is 1.24. The molecule has 3 aromatic heterocycles. The first-order valence-corrected chi connectivity index (χ1v) is 16.3. The van der Waals surface area contributed by atoms with E-state index in [9.17, 15) is 4.79 Å². The quantitative estimate of drug-likeness (QED) is 0.278. The van der Waals surface area contributed by atoms with Crippen LogP contribution in [0, 0.1) is 5.92 Å². The molecule has 250 valence electrons. The lowest BCUT2D eigenvalue weighted by atomic mass is 10.0. The molecule has 0 unspecified atom stereocenters. The van der Waals surface area contributed by atoms with E-state index < -0.39 is 5.79 Å². The molecule has 2 aliphatic heterocycles. The van der Waals surface area contributed by atoms with Crippen molar-refractivity contribution in [2.45, 2.75) is 69.7 Å². The highest BCUT2D eigenvalue weighted by molar-refractivity contribution is 6.00. The van der Waals surface area contributed by atoms with Gasteiger partial charge in [-0.05, 0) is 71.4 Å². The predicted molar refractivity (Wildman–Crippen MR) is 176 cm³/mol. The largest absolute Gasteiger partial charge is 0.497 e. The van der Waals surface area contributed by atoms with Gasteiger partial charge in [0.2, 0.25) is 5.91 Å². The zero-order chi connectivity index (χ0) is 32.9. The Bertz CT molecular complexity index is 1760. The number of benzene rings is 1. The van der Waals surface area contributed by atoms with Crippen LogP contribution in [-0.2, 0) is 27.9 Å². The van der Waals surface area contributed by atoms with Crippen LogP contribution in [0.1, 0.15) is 44.7 Å². The van der Waals surface area contributed by atoms with Gasteiger partial charge in [-0.1, -0.05) is 0 Å². The highest BCUT2D eigenvalue weighted by Crippen LogP contribution is 2.49. The molecule has 47 heavy (non-hydrogen) atoms. The third-order valence-corrected chi connectivity index (χ3v) is 9.73. The van der Waals surface area contributed by atoms with Gasteiger partial charge in [0.15, 0.2) is 5.79 Å². The summed E-state index contributed by atoms with van der Waals surface area (Å²) in [7, 11) is 7.30. The highest BCUT2D eigenvalue weighted by atomic mass is 16.8. The van der Waals surface area contributed by atoms with Gasteiger partial charge in [-0.15, -0.1) is 0 Å². The third kappa shape index (κ3) is 6.03. The van der Waals surface area contributed by atoms with Crippen LogP contribution in [0.5, 0.6) is 11.5 Å². The first-order chi connectivity index (χ1) is 22.6. The van der Waals surface area contributed by atoms with Crippen LogP contribution in [0.3, 0.4) is 0 Å². The van der Waals surface area contributed by atoms with Gasteiger partial charge < -0.3 is 39.0 Å². The molecule has 13 heteroatoms. The lowest BCUT2D eigenvalue weighted by molar-refractivity contribution is -0.163. The van der Waals surface area contributed by atoms with Gasteiger partial charge in [-0.25, -0.2) is 9.97 Å². The molecule has 7 rings (SSSR count). The van der Waals surface area contributed by atoms with Crippen molar-refractivity contribution in [3.05, 3.63) is 48.5 Å². The molecule has 2 saturated heterocycles. The van der Waals surface area contributed by atoms with Crippen molar-refractivity contribution in [1.82, 2.24) is 34.5 Å². The molecule has 1 aliphatic carbocycles. The van der Waals surface area contributed by atoms with Crippen LogP contribution in [0.15, 0.2) is 43.0 Å². The molecule has 5 heterocycles. The minimum atomic E-state index is -0.814. The van der Waals surface area contributed by atoms with Crippen molar-refractivity contribution in [1.29, 1.82) is 0 Å². The molecule has 1 amide bonds. The Hall–Kier alpha value is -4.20. The molecule has 2 N–H and O–H groups in total. The number of nitrogens with one attached hydrogen (secondary N) is 2. The number of hydrogen-bond acceptors (Lipinski definition) is 10. The van der Waals surface area contributed by atoms with E-state index in [4.69, 9.17) is 29.0 Å². The summed E-state index contributed by atoms with van der Waals surface area (Å²) in [5.74, 6) is 0.967. The van der Waals surface area contributed by atoms with E-state index in [-0.39, 0.29) is 36.1 Å². The van der Waals surface area contributed by atoms with E-state index >= 15 is 0 Å². The first-order valence-electron chi connectivity index (χ1n) is 16.3. The Morgan fingerprint density at radius 3 is 2.57 bits per heavy atom. The van der Waals surface area contributed by atoms with Crippen molar-refractivity contribution in [2.24, 2.45) is 13.0 Å². The third-order valence-electron chi connectivity index (χ3n) is 9.73. The standard InChI is InChI=1S/C34H44N8O5/c1-34(2)46-29-23(33(43)38-21-9-12-40(3)13-10-21)16-26(30(29)47-34)42-18-24(25-11-14-41(4)39-25)28-31(36-19-37-32(28)42)35-17-20-7-8-22(44-5)15-27(20)45-6/h7-8,11,14-15,18-19,21,23,26,29-30H,9-10,12-13,16-17H2,1-6H3,(H,38,43)(H,35,36,37)/t23-,26+,29+,30-/m0/s1. The van der Waals surface area contributed by atoms with Crippen LogP contribution in [0.2, 0.25) is 0 Å². The number of piperidine rings is 1. The van der Waals surface area contributed by atoms with Crippen LogP contribution in [0.4, 0.5) is 5.82 Å². The van der Waals surface area contributed by atoms with E-state index in [0.29, 0.717) is 24.5 Å². The second kappa shape index (κ2) is 12.4. The maximum Gasteiger partial charge on any atom is 0.226 e. The minimum Gasteiger partial charge on any atom is -0.497 e. The summed E-state index contributed by atoms with van der Waals surface area (Å²) < 4.78 is 27.9. The maximum atomic E-state index is 13.8. The summed E-state index contributed by atoms with van der Waals surface area (Å²) in [6.45, 7) is 6.25. The van der Waals surface area contributed by atoms with Crippen molar-refractivity contribution < 1.29 is 23.7 Å². The number of aromatic nitrogens is 5.